The number of rotatable bonds is 1. The van der Waals surface area contributed by atoms with E-state index in [-0.39, 0.29) is 11.9 Å². The van der Waals surface area contributed by atoms with Crippen molar-refractivity contribution in [3.05, 3.63) is 22.7 Å². The minimum atomic E-state index is -0.771. The molecule has 2 aliphatic rings. The van der Waals surface area contributed by atoms with Gasteiger partial charge in [-0.25, -0.2) is 4.79 Å². The Hall–Kier alpha value is -1.76. The SMILES string of the molecule is O=C(O)C1CCN(C(=O)N2CCOc3ccc(Br)cc32)CC1. The van der Waals surface area contributed by atoms with Crippen molar-refractivity contribution in [1.82, 2.24) is 4.90 Å². The van der Waals surface area contributed by atoms with Gasteiger partial charge in [0.05, 0.1) is 18.2 Å². The number of urea groups is 1. The summed E-state index contributed by atoms with van der Waals surface area (Å²) in [5, 5.41) is 9.04. The largest absolute Gasteiger partial charge is 0.490 e. The van der Waals surface area contributed by atoms with Crippen LogP contribution in [-0.2, 0) is 4.79 Å². The number of carboxylic acid groups (broad SMARTS) is 1. The molecule has 0 bridgehead atoms. The number of aliphatic carboxylic acids is 1. The number of carbonyl (C=O) groups is 2. The highest BCUT2D eigenvalue weighted by Gasteiger charge is 2.32. The van der Waals surface area contributed by atoms with Crippen molar-refractivity contribution in [3.63, 3.8) is 0 Å². The zero-order chi connectivity index (χ0) is 15.7. The molecule has 1 aromatic carbocycles. The number of likely N-dealkylation sites (tertiary alicyclic amines) is 1. The molecule has 1 aromatic rings. The molecule has 1 N–H and O–H groups in total. The van der Waals surface area contributed by atoms with Crippen LogP contribution in [-0.4, -0.2) is 48.2 Å². The molecule has 2 amide bonds. The van der Waals surface area contributed by atoms with E-state index in [0.29, 0.717) is 44.8 Å². The maximum Gasteiger partial charge on any atom is 0.324 e. The van der Waals surface area contributed by atoms with Crippen molar-refractivity contribution in [2.24, 2.45) is 5.92 Å². The minimum Gasteiger partial charge on any atom is -0.490 e. The number of carbonyl (C=O) groups excluding carboxylic acids is 1. The van der Waals surface area contributed by atoms with E-state index in [1.807, 2.05) is 18.2 Å². The maximum absolute atomic E-state index is 12.7. The molecule has 0 unspecified atom stereocenters. The molecule has 3 rings (SSSR count). The molecule has 7 heteroatoms. The summed E-state index contributed by atoms with van der Waals surface area (Å²) in [7, 11) is 0. The molecular formula is C15H17BrN2O4. The molecular weight excluding hydrogens is 352 g/mol. The van der Waals surface area contributed by atoms with Crippen molar-refractivity contribution in [2.75, 3.05) is 31.1 Å². The molecule has 1 saturated heterocycles. The van der Waals surface area contributed by atoms with Crippen LogP contribution < -0.4 is 9.64 Å². The fourth-order valence-electron chi connectivity index (χ4n) is 2.88. The summed E-state index contributed by atoms with van der Waals surface area (Å²) in [5.41, 5.74) is 0.756. The first-order valence-corrected chi connectivity index (χ1v) is 8.07. The highest BCUT2D eigenvalue weighted by Crippen LogP contribution is 2.35. The van der Waals surface area contributed by atoms with Gasteiger partial charge in [0.25, 0.3) is 0 Å². The monoisotopic (exact) mass is 368 g/mol. The molecule has 0 aliphatic carbocycles. The van der Waals surface area contributed by atoms with Crippen LogP contribution in [0.3, 0.4) is 0 Å². The number of nitrogens with zero attached hydrogens (tertiary/aromatic N) is 2. The second-order valence-electron chi connectivity index (χ2n) is 5.49. The Morgan fingerprint density at radius 1 is 1.23 bits per heavy atom. The Bertz CT molecular complexity index is 599. The molecule has 118 valence electrons. The highest BCUT2D eigenvalue weighted by atomic mass is 79.9. The van der Waals surface area contributed by atoms with Gasteiger partial charge in [0, 0.05) is 17.6 Å². The summed E-state index contributed by atoms with van der Waals surface area (Å²) < 4.78 is 6.47. The lowest BCUT2D eigenvalue weighted by Gasteiger charge is -2.37. The number of hydrogen-bond acceptors (Lipinski definition) is 3. The third-order valence-corrected chi connectivity index (χ3v) is 4.62. The van der Waals surface area contributed by atoms with Gasteiger partial charge in [-0.05, 0) is 31.0 Å². The normalized spacial score (nSPS) is 18.6. The van der Waals surface area contributed by atoms with E-state index in [2.05, 4.69) is 15.9 Å². The average molecular weight is 369 g/mol. The van der Waals surface area contributed by atoms with Gasteiger partial charge in [-0.2, -0.15) is 0 Å². The van der Waals surface area contributed by atoms with Gasteiger partial charge in [-0.3, -0.25) is 9.69 Å². The van der Waals surface area contributed by atoms with Crippen molar-refractivity contribution >= 4 is 33.6 Å². The fourth-order valence-corrected chi connectivity index (χ4v) is 3.23. The van der Waals surface area contributed by atoms with Crippen LogP contribution in [0.4, 0.5) is 10.5 Å². The number of fused-ring (bicyclic) bond motifs is 1. The van der Waals surface area contributed by atoms with E-state index >= 15 is 0 Å². The topological polar surface area (TPSA) is 70.1 Å². The van der Waals surface area contributed by atoms with E-state index < -0.39 is 5.97 Å². The van der Waals surface area contributed by atoms with Crippen LogP contribution >= 0.6 is 15.9 Å². The van der Waals surface area contributed by atoms with Crippen molar-refractivity contribution in [3.8, 4) is 5.75 Å². The Morgan fingerprint density at radius 2 is 1.95 bits per heavy atom. The summed E-state index contributed by atoms with van der Waals surface area (Å²) >= 11 is 3.41. The van der Waals surface area contributed by atoms with Gasteiger partial charge in [-0.1, -0.05) is 15.9 Å². The molecule has 0 spiro atoms. The number of anilines is 1. The molecule has 6 nitrogen and oxygen atoms in total. The standard InChI is InChI=1S/C15H17BrN2O4/c16-11-1-2-13-12(9-11)18(7-8-22-13)15(21)17-5-3-10(4-6-17)14(19)20/h1-2,9-10H,3-8H2,(H,19,20). The van der Waals surface area contributed by atoms with E-state index in [9.17, 15) is 9.59 Å². The van der Waals surface area contributed by atoms with Crippen molar-refractivity contribution in [2.45, 2.75) is 12.8 Å². The number of ether oxygens (including phenoxy) is 1. The van der Waals surface area contributed by atoms with Crippen molar-refractivity contribution < 1.29 is 19.4 Å². The quantitative estimate of drug-likeness (QED) is 0.826. The number of piperidine rings is 1. The van der Waals surface area contributed by atoms with Crippen LogP contribution in [0.25, 0.3) is 0 Å². The molecule has 2 aliphatic heterocycles. The van der Waals surface area contributed by atoms with E-state index in [0.717, 1.165) is 10.2 Å². The second-order valence-corrected chi connectivity index (χ2v) is 6.41. The minimum absolute atomic E-state index is 0.0773. The lowest BCUT2D eigenvalue weighted by molar-refractivity contribution is -0.143. The van der Waals surface area contributed by atoms with E-state index in [1.165, 1.54) is 0 Å². The van der Waals surface area contributed by atoms with Crippen LogP contribution in [0, 0.1) is 5.92 Å². The first-order valence-electron chi connectivity index (χ1n) is 7.28. The first-order chi connectivity index (χ1) is 10.6. The van der Waals surface area contributed by atoms with Crippen LogP contribution in [0.2, 0.25) is 0 Å². The van der Waals surface area contributed by atoms with Gasteiger partial charge in [0.1, 0.15) is 12.4 Å². The molecule has 0 aromatic heterocycles. The van der Waals surface area contributed by atoms with Crippen LogP contribution in [0.5, 0.6) is 5.75 Å². The smallest absolute Gasteiger partial charge is 0.324 e. The lowest BCUT2D eigenvalue weighted by atomic mass is 9.97. The summed E-state index contributed by atoms with van der Waals surface area (Å²) in [4.78, 5) is 27.2. The predicted molar refractivity (Wildman–Crippen MR) is 84.3 cm³/mol. The highest BCUT2D eigenvalue weighted by molar-refractivity contribution is 9.10. The van der Waals surface area contributed by atoms with E-state index in [4.69, 9.17) is 9.84 Å². The molecule has 0 atom stereocenters. The summed E-state index contributed by atoms with van der Waals surface area (Å²) in [5.74, 6) is -0.411. The maximum atomic E-state index is 12.7. The molecule has 0 radical (unpaired) electrons. The predicted octanol–water partition coefficient (Wildman–Crippen LogP) is 2.56. The summed E-state index contributed by atoms with van der Waals surface area (Å²) in [6.07, 6.45) is 1.02. The van der Waals surface area contributed by atoms with Gasteiger partial charge in [0.2, 0.25) is 0 Å². The number of carboxylic acids is 1. The van der Waals surface area contributed by atoms with Gasteiger partial charge < -0.3 is 14.7 Å². The lowest BCUT2D eigenvalue weighted by Crippen LogP contribution is -2.49. The van der Waals surface area contributed by atoms with Gasteiger partial charge in [-0.15, -0.1) is 0 Å². The number of benzene rings is 1. The number of amides is 2. The Kier molecular flexibility index (Phi) is 4.24. The van der Waals surface area contributed by atoms with E-state index in [1.54, 1.807) is 9.80 Å². The average Bonchev–Trinajstić information content (AvgIpc) is 2.53. The summed E-state index contributed by atoms with van der Waals surface area (Å²) in [6, 6.07) is 5.52. The molecule has 2 heterocycles. The molecule has 22 heavy (non-hydrogen) atoms. The number of hydrogen-bond donors (Lipinski definition) is 1. The molecule has 1 fully saturated rings. The Balaban J connectivity index is 1.74. The molecule has 0 saturated carbocycles. The third-order valence-electron chi connectivity index (χ3n) is 4.13. The zero-order valence-electron chi connectivity index (χ0n) is 12.0. The Morgan fingerprint density at radius 3 is 2.64 bits per heavy atom. The van der Waals surface area contributed by atoms with Gasteiger partial charge in [0.15, 0.2) is 0 Å². The Labute approximate surface area is 136 Å². The number of halogens is 1. The van der Waals surface area contributed by atoms with Crippen molar-refractivity contribution in [1.29, 1.82) is 0 Å². The first kappa shape index (κ1) is 15.1. The fraction of sp³-hybridized carbons (Fsp3) is 0.467. The second kappa shape index (κ2) is 6.16. The summed E-state index contributed by atoms with van der Waals surface area (Å²) in [6.45, 7) is 1.93. The zero-order valence-corrected chi connectivity index (χ0v) is 13.6. The third kappa shape index (κ3) is 2.90. The van der Waals surface area contributed by atoms with Crippen LogP contribution in [0.15, 0.2) is 22.7 Å². The van der Waals surface area contributed by atoms with Gasteiger partial charge >= 0.3 is 12.0 Å². The van der Waals surface area contributed by atoms with Crippen LogP contribution in [0.1, 0.15) is 12.8 Å².